The van der Waals surface area contributed by atoms with Crippen molar-refractivity contribution in [1.29, 1.82) is 0 Å². The first-order valence-electron chi connectivity index (χ1n) is 7.12. The van der Waals surface area contributed by atoms with Gasteiger partial charge in [-0.2, -0.15) is 8.78 Å². The van der Waals surface area contributed by atoms with Crippen LogP contribution in [0.25, 0.3) is 0 Å². The van der Waals surface area contributed by atoms with Crippen molar-refractivity contribution in [2.24, 2.45) is 0 Å². The van der Waals surface area contributed by atoms with E-state index in [9.17, 15) is 24.0 Å². The molecule has 2 N–H and O–H groups in total. The number of hydrogen-bond donors (Lipinski definition) is 2. The zero-order valence-corrected chi connectivity index (χ0v) is 12.6. The van der Waals surface area contributed by atoms with Crippen molar-refractivity contribution in [3.63, 3.8) is 0 Å². The zero-order valence-electron chi connectivity index (χ0n) is 12.6. The number of halogens is 2. The van der Waals surface area contributed by atoms with Crippen LogP contribution in [0, 0.1) is 10.1 Å². The van der Waals surface area contributed by atoms with Gasteiger partial charge in [0.1, 0.15) is 5.75 Å². The van der Waals surface area contributed by atoms with Gasteiger partial charge in [-0.15, -0.1) is 0 Å². The van der Waals surface area contributed by atoms with Crippen LogP contribution in [0.5, 0.6) is 5.75 Å². The van der Waals surface area contributed by atoms with E-state index in [1.54, 1.807) is 12.1 Å². The number of nitro benzene ring substituents is 1. The van der Waals surface area contributed by atoms with Crippen molar-refractivity contribution < 1.29 is 23.5 Å². The molecule has 2 aromatic carbocycles. The van der Waals surface area contributed by atoms with Gasteiger partial charge < -0.3 is 15.2 Å². The zero-order chi connectivity index (χ0) is 17.5. The molecular weight excluding hydrogens is 322 g/mol. The van der Waals surface area contributed by atoms with E-state index < -0.39 is 17.6 Å². The average molecular weight is 338 g/mol. The number of nitrogens with zero attached hydrogens (tertiary/aromatic N) is 1. The lowest BCUT2D eigenvalue weighted by Gasteiger charge is -2.13. The molecule has 0 aliphatic heterocycles. The van der Waals surface area contributed by atoms with E-state index in [4.69, 9.17) is 0 Å². The first-order valence-corrected chi connectivity index (χ1v) is 7.12. The van der Waals surface area contributed by atoms with Gasteiger partial charge in [0.25, 0.3) is 5.69 Å². The highest BCUT2D eigenvalue weighted by molar-refractivity contribution is 5.34. The van der Waals surface area contributed by atoms with Gasteiger partial charge >= 0.3 is 6.61 Å². The Morgan fingerprint density at radius 2 is 1.92 bits per heavy atom. The van der Waals surface area contributed by atoms with Crippen LogP contribution in [0.15, 0.2) is 48.5 Å². The molecule has 0 amide bonds. The number of aliphatic hydroxyl groups excluding tert-OH is 1. The maximum absolute atomic E-state index is 12.1. The SMILES string of the molecule is O=[N+]([O-])c1cccc(CNCC(O)c2ccc(OC(F)F)cc2)c1. The van der Waals surface area contributed by atoms with Gasteiger partial charge in [0.2, 0.25) is 0 Å². The molecule has 0 aromatic heterocycles. The van der Waals surface area contributed by atoms with Crippen molar-refractivity contribution in [3.05, 3.63) is 69.8 Å². The van der Waals surface area contributed by atoms with Crippen LogP contribution in [0.4, 0.5) is 14.5 Å². The van der Waals surface area contributed by atoms with Crippen molar-refractivity contribution in [2.75, 3.05) is 6.54 Å². The minimum absolute atomic E-state index is 0.00414. The number of nitrogens with one attached hydrogen (secondary N) is 1. The van der Waals surface area contributed by atoms with Crippen LogP contribution >= 0.6 is 0 Å². The van der Waals surface area contributed by atoms with Crippen molar-refractivity contribution in [3.8, 4) is 5.75 Å². The summed E-state index contributed by atoms with van der Waals surface area (Å²) in [5, 5.41) is 23.7. The molecule has 128 valence electrons. The quantitative estimate of drug-likeness (QED) is 0.571. The summed E-state index contributed by atoms with van der Waals surface area (Å²) < 4.78 is 28.4. The summed E-state index contributed by atoms with van der Waals surface area (Å²) in [4.78, 5) is 10.2. The summed E-state index contributed by atoms with van der Waals surface area (Å²) in [7, 11) is 0. The highest BCUT2D eigenvalue weighted by Crippen LogP contribution is 2.19. The summed E-state index contributed by atoms with van der Waals surface area (Å²) in [6, 6.07) is 11.9. The largest absolute Gasteiger partial charge is 0.435 e. The summed E-state index contributed by atoms with van der Waals surface area (Å²) in [6.45, 7) is -2.33. The molecule has 0 aliphatic rings. The second-order valence-corrected chi connectivity index (χ2v) is 5.02. The van der Waals surface area contributed by atoms with Gasteiger partial charge in [-0.1, -0.05) is 24.3 Å². The third kappa shape index (κ3) is 5.25. The molecular formula is C16H16F2N2O4. The smallest absolute Gasteiger partial charge is 0.387 e. The molecule has 0 spiro atoms. The lowest BCUT2D eigenvalue weighted by Crippen LogP contribution is -2.21. The fraction of sp³-hybridized carbons (Fsp3) is 0.250. The number of benzene rings is 2. The van der Waals surface area contributed by atoms with Crippen molar-refractivity contribution >= 4 is 5.69 Å². The van der Waals surface area contributed by atoms with E-state index in [0.717, 1.165) is 5.56 Å². The monoisotopic (exact) mass is 338 g/mol. The van der Waals surface area contributed by atoms with Gasteiger partial charge in [0.05, 0.1) is 11.0 Å². The molecule has 1 unspecified atom stereocenters. The summed E-state index contributed by atoms with van der Waals surface area (Å²) >= 11 is 0. The first-order chi connectivity index (χ1) is 11.5. The van der Waals surface area contributed by atoms with Crippen LogP contribution in [-0.4, -0.2) is 23.2 Å². The molecule has 0 bridgehead atoms. The Hall–Kier alpha value is -2.58. The molecule has 0 heterocycles. The van der Waals surface area contributed by atoms with E-state index in [-0.39, 0.29) is 18.0 Å². The van der Waals surface area contributed by atoms with E-state index in [2.05, 4.69) is 10.1 Å². The topological polar surface area (TPSA) is 84.6 Å². The molecule has 24 heavy (non-hydrogen) atoms. The number of rotatable bonds is 8. The lowest BCUT2D eigenvalue weighted by atomic mass is 10.1. The van der Waals surface area contributed by atoms with Crippen LogP contribution in [0.2, 0.25) is 0 Å². The average Bonchev–Trinajstić information content (AvgIpc) is 2.55. The van der Waals surface area contributed by atoms with Gasteiger partial charge in [0.15, 0.2) is 0 Å². The predicted octanol–water partition coefficient (Wildman–Crippen LogP) is 3.02. The molecule has 0 aliphatic carbocycles. The molecule has 2 rings (SSSR count). The molecule has 1 atom stereocenters. The van der Waals surface area contributed by atoms with E-state index in [1.807, 2.05) is 0 Å². The Morgan fingerprint density at radius 3 is 2.54 bits per heavy atom. The van der Waals surface area contributed by atoms with Gasteiger partial charge in [-0.25, -0.2) is 0 Å². The number of hydrogen-bond acceptors (Lipinski definition) is 5. The third-order valence-corrected chi connectivity index (χ3v) is 3.28. The summed E-state index contributed by atoms with van der Waals surface area (Å²) in [5.41, 5.74) is 1.27. The first kappa shape index (κ1) is 17.8. The van der Waals surface area contributed by atoms with E-state index in [1.165, 1.54) is 36.4 Å². The number of alkyl halides is 2. The predicted molar refractivity (Wildman–Crippen MR) is 82.8 cm³/mol. The fourth-order valence-corrected chi connectivity index (χ4v) is 2.12. The minimum Gasteiger partial charge on any atom is -0.435 e. The molecule has 0 saturated carbocycles. The van der Waals surface area contributed by atoms with Crippen molar-refractivity contribution in [2.45, 2.75) is 19.3 Å². The molecule has 2 aromatic rings. The maximum atomic E-state index is 12.1. The normalized spacial score (nSPS) is 12.2. The lowest BCUT2D eigenvalue weighted by molar-refractivity contribution is -0.384. The van der Waals surface area contributed by atoms with Crippen LogP contribution in [0.1, 0.15) is 17.2 Å². The maximum Gasteiger partial charge on any atom is 0.387 e. The highest BCUT2D eigenvalue weighted by atomic mass is 19.3. The second-order valence-electron chi connectivity index (χ2n) is 5.02. The second kappa shape index (κ2) is 8.32. The highest BCUT2D eigenvalue weighted by Gasteiger charge is 2.10. The van der Waals surface area contributed by atoms with Crippen molar-refractivity contribution in [1.82, 2.24) is 5.32 Å². The molecule has 6 nitrogen and oxygen atoms in total. The number of non-ortho nitro benzene ring substituents is 1. The number of ether oxygens (including phenoxy) is 1. The van der Waals surface area contributed by atoms with E-state index >= 15 is 0 Å². The Bertz CT molecular complexity index is 680. The number of aliphatic hydroxyl groups is 1. The Kier molecular flexibility index (Phi) is 6.16. The standard InChI is InChI=1S/C16H16F2N2O4/c17-16(18)24-14-6-4-12(5-7-14)15(21)10-19-9-11-2-1-3-13(8-11)20(22)23/h1-8,15-16,19,21H,9-10H2. The molecule has 0 radical (unpaired) electrons. The molecule has 0 fully saturated rings. The van der Waals surface area contributed by atoms with Crippen LogP contribution < -0.4 is 10.1 Å². The van der Waals surface area contributed by atoms with Crippen LogP contribution in [-0.2, 0) is 6.54 Å². The fourth-order valence-electron chi connectivity index (χ4n) is 2.12. The number of nitro groups is 1. The Morgan fingerprint density at radius 1 is 1.21 bits per heavy atom. The van der Waals surface area contributed by atoms with E-state index in [0.29, 0.717) is 12.1 Å². The van der Waals surface area contributed by atoms with Gasteiger partial charge in [0, 0.05) is 25.2 Å². The summed E-state index contributed by atoms with van der Waals surface area (Å²) in [5.74, 6) is 0.0190. The Labute approximate surface area is 136 Å². The minimum atomic E-state index is -2.89. The summed E-state index contributed by atoms with van der Waals surface area (Å²) in [6.07, 6.45) is -0.843. The Balaban J connectivity index is 1.85. The van der Waals surface area contributed by atoms with Crippen LogP contribution in [0.3, 0.4) is 0 Å². The third-order valence-electron chi connectivity index (χ3n) is 3.28. The van der Waals surface area contributed by atoms with Gasteiger partial charge in [-0.3, -0.25) is 10.1 Å². The molecule has 8 heteroatoms. The molecule has 0 saturated heterocycles. The van der Waals surface area contributed by atoms with Gasteiger partial charge in [-0.05, 0) is 23.3 Å².